The van der Waals surface area contributed by atoms with Gasteiger partial charge in [-0.2, -0.15) is 0 Å². The summed E-state index contributed by atoms with van der Waals surface area (Å²) in [5, 5.41) is 14.1. The van der Waals surface area contributed by atoms with Gasteiger partial charge in [0.15, 0.2) is 4.34 Å². The second-order valence-electron chi connectivity index (χ2n) is 4.56. The van der Waals surface area contributed by atoms with Gasteiger partial charge >= 0.3 is 0 Å². The number of benzene rings is 1. The van der Waals surface area contributed by atoms with Crippen LogP contribution in [0.25, 0.3) is 10.2 Å². The Balaban J connectivity index is 1.75. The monoisotopic (exact) mass is 295 g/mol. The highest BCUT2D eigenvalue weighted by atomic mass is 32.2. The van der Waals surface area contributed by atoms with Crippen LogP contribution in [-0.2, 0) is 0 Å². The number of hydrogen-bond acceptors (Lipinski definition) is 6. The highest BCUT2D eigenvalue weighted by molar-refractivity contribution is 8.01. The van der Waals surface area contributed by atoms with Crippen LogP contribution in [-0.4, -0.2) is 28.7 Å². The van der Waals surface area contributed by atoms with E-state index in [-0.39, 0.29) is 10.6 Å². The van der Waals surface area contributed by atoms with E-state index in [1.54, 1.807) is 35.2 Å². The van der Waals surface area contributed by atoms with Gasteiger partial charge in [-0.15, -0.1) is 11.3 Å². The van der Waals surface area contributed by atoms with Crippen LogP contribution in [0.2, 0.25) is 0 Å². The van der Waals surface area contributed by atoms with E-state index in [0.29, 0.717) is 5.92 Å². The molecule has 1 N–H and O–H groups in total. The molecule has 1 aliphatic rings. The predicted molar refractivity (Wildman–Crippen MR) is 78.0 cm³/mol. The largest absolute Gasteiger partial charge is 0.316 e. The lowest BCUT2D eigenvalue weighted by atomic mass is 10.2. The van der Waals surface area contributed by atoms with Gasteiger partial charge in [0.1, 0.15) is 0 Å². The Morgan fingerprint density at radius 1 is 1.58 bits per heavy atom. The Morgan fingerprint density at radius 3 is 3.21 bits per heavy atom. The van der Waals surface area contributed by atoms with Crippen LogP contribution in [0, 0.1) is 16.0 Å². The molecule has 1 unspecified atom stereocenters. The molecule has 1 atom stereocenters. The number of thioether (sulfide) groups is 1. The average molecular weight is 295 g/mol. The SMILES string of the molecule is O=[N+]([O-])c1ccc2sc(SCC3CCNC3)nc2c1. The van der Waals surface area contributed by atoms with Crippen LogP contribution in [0.1, 0.15) is 6.42 Å². The van der Waals surface area contributed by atoms with Crippen LogP contribution >= 0.6 is 23.1 Å². The summed E-state index contributed by atoms with van der Waals surface area (Å²) >= 11 is 3.37. The normalized spacial score (nSPS) is 19.1. The van der Waals surface area contributed by atoms with Gasteiger partial charge in [-0.3, -0.25) is 10.1 Å². The van der Waals surface area contributed by atoms with Crippen molar-refractivity contribution in [1.82, 2.24) is 10.3 Å². The number of nitrogens with one attached hydrogen (secondary N) is 1. The third-order valence-corrected chi connectivity index (χ3v) is 5.58. The van der Waals surface area contributed by atoms with E-state index in [2.05, 4.69) is 10.3 Å². The summed E-state index contributed by atoms with van der Waals surface area (Å²) in [7, 11) is 0. The predicted octanol–water partition coefficient (Wildman–Crippen LogP) is 2.91. The summed E-state index contributed by atoms with van der Waals surface area (Å²) in [6.07, 6.45) is 1.23. The first-order chi connectivity index (χ1) is 9.22. The maximum atomic E-state index is 10.7. The van der Waals surface area contributed by atoms with Gasteiger partial charge in [0.05, 0.1) is 15.1 Å². The van der Waals surface area contributed by atoms with Crippen molar-refractivity contribution in [3.05, 3.63) is 28.3 Å². The molecule has 1 aromatic heterocycles. The first kappa shape index (κ1) is 12.8. The Hall–Kier alpha value is -1.18. The summed E-state index contributed by atoms with van der Waals surface area (Å²) in [5.41, 5.74) is 0.834. The first-order valence-corrected chi connectivity index (χ1v) is 7.91. The number of thiazole rings is 1. The molecule has 2 heterocycles. The second-order valence-corrected chi connectivity index (χ2v) is 6.86. The Bertz CT molecular complexity index is 608. The zero-order valence-electron chi connectivity index (χ0n) is 10.2. The van der Waals surface area contributed by atoms with Crippen molar-refractivity contribution in [2.45, 2.75) is 10.8 Å². The molecular formula is C12H13N3O2S2. The van der Waals surface area contributed by atoms with Gasteiger partial charge in [-0.1, -0.05) is 11.8 Å². The van der Waals surface area contributed by atoms with Crippen molar-refractivity contribution >= 4 is 39.0 Å². The van der Waals surface area contributed by atoms with E-state index in [0.717, 1.165) is 33.4 Å². The molecule has 0 aliphatic carbocycles. The molecule has 19 heavy (non-hydrogen) atoms. The van der Waals surface area contributed by atoms with E-state index in [1.165, 1.54) is 12.5 Å². The summed E-state index contributed by atoms with van der Waals surface area (Å²) in [5.74, 6) is 1.78. The number of nitro benzene ring substituents is 1. The number of nitrogens with zero attached hydrogens (tertiary/aromatic N) is 2. The fourth-order valence-electron chi connectivity index (χ4n) is 2.12. The van der Waals surface area contributed by atoms with Crippen molar-refractivity contribution in [1.29, 1.82) is 0 Å². The molecule has 0 bridgehead atoms. The third-order valence-electron chi connectivity index (χ3n) is 3.17. The van der Waals surface area contributed by atoms with Crippen molar-refractivity contribution in [2.75, 3.05) is 18.8 Å². The molecule has 0 amide bonds. The topological polar surface area (TPSA) is 68.1 Å². The minimum absolute atomic E-state index is 0.106. The number of hydrogen-bond donors (Lipinski definition) is 1. The Morgan fingerprint density at radius 2 is 2.47 bits per heavy atom. The fraction of sp³-hybridized carbons (Fsp3) is 0.417. The summed E-state index contributed by atoms with van der Waals surface area (Å²) in [6.45, 7) is 2.20. The third kappa shape index (κ3) is 2.88. The van der Waals surface area contributed by atoms with Crippen molar-refractivity contribution in [3.8, 4) is 0 Å². The van der Waals surface area contributed by atoms with Crippen molar-refractivity contribution in [2.24, 2.45) is 5.92 Å². The van der Waals surface area contributed by atoms with Gasteiger partial charge in [0, 0.05) is 17.9 Å². The molecule has 100 valence electrons. The molecule has 3 rings (SSSR count). The first-order valence-electron chi connectivity index (χ1n) is 6.11. The fourth-order valence-corrected chi connectivity index (χ4v) is 4.33. The highest BCUT2D eigenvalue weighted by Gasteiger charge is 2.16. The lowest BCUT2D eigenvalue weighted by Crippen LogP contribution is -2.10. The summed E-state index contributed by atoms with van der Waals surface area (Å²) in [4.78, 5) is 14.8. The molecule has 1 aromatic carbocycles. The number of fused-ring (bicyclic) bond motifs is 1. The zero-order valence-corrected chi connectivity index (χ0v) is 11.8. The molecule has 1 saturated heterocycles. The standard InChI is InChI=1S/C12H13N3O2S2/c16-15(17)9-1-2-11-10(5-9)14-12(19-11)18-7-8-3-4-13-6-8/h1-2,5,8,13H,3-4,6-7H2. The molecule has 0 saturated carbocycles. The van der Waals surface area contributed by atoms with Crippen LogP contribution in [0.15, 0.2) is 22.5 Å². The Kier molecular flexibility index (Phi) is 3.67. The minimum Gasteiger partial charge on any atom is -0.316 e. The van der Waals surface area contributed by atoms with E-state index >= 15 is 0 Å². The minimum atomic E-state index is -0.379. The molecule has 5 nitrogen and oxygen atoms in total. The van der Waals surface area contributed by atoms with Crippen LogP contribution in [0.4, 0.5) is 5.69 Å². The average Bonchev–Trinajstić information content (AvgIpc) is 3.04. The van der Waals surface area contributed by atoms with Crippen LogP contribution in [0.3, 0.4) is 0 Å². The van der Waals surface area contributed by atoms with E-state index in [9.17, 15) is 10.1 Å². The van der Waals surface area contributed by atoms with Gasteiger partial charge in [0.25, 0.3) is 5.69 Å². The molecular weight excluding hydrogens is 282 g/mol. The second kappa shape index (κ2) is 5.44. The lowest BCUT2D eigenvalue weighted by molar-refractivity contribution is -0.384. The van der Waals surface area contributed by atoms with E-state index in [1.807, 2.05) is 0 Å². The van der Waals surface area contributed by atoms with Crippen LogP contribution in [0.5, 0.6) is 0 Å². The maximum Gasteiger partial charge on any atom is 0.271 e. The quantitative estimate of drug-likeness (QED) is 0.533. The molecule has 1 aliphatic heterocycles. The maximum absolute atomic E-state index is 10.7. The molecule has 2 aromatic rings. The molecule has 1 fully saturated rings. The van der Waals surface area contributed by atoms with Gasteiger partial charge < -0.3 is 5.32 Å². The smallest absolute Gasteiger partial charge is 0.271 e. The number of rotatable bonds is 4. The van der Waals surface area contributed by atoms with Gasteiger partial charge in [0.2, 0.25) is 0 Å². The van der Waals surface area contributed by atoms with Gasteiger partial charge in [-0.05, 0) is 31.5 Å². The number of non-ortho nitro benzene ring substituents is 1. The number of nitro groups is 1. The van der Waals surface area contributed by atoms with Crippen molar-refractivity contribution < 1.29 is 4.92 Å². The molecule has 0 radical (unpaired) electrons. The van der Waals surface area contributed by atoms with E-state index in [4.69, 9.17) is 0 Å². The summed E-state index contributed by atoms with van der Waals surface area (Å²) < 4.78 is 2.01. The van der Waals surface area contributed by atoms with Crippen LogP contribution < -0.4 is 5.32 Å². The Labute approximate surface area is 118 Å². The molecule has 0 spiro atoms. The number of aromatic nitrogens is 1. The summed E-state index contributed by atoms with van der Waals surface area (Å²) in [6, 6.07) is 4.87. The van der Waals surface area contributed by atoms with Gasteiger partial charge in [-0.25, -0.2) is 4.98 Å². The zero-order chi connectivity index (χ0) is 13.2. The lowest BCUT2D eigenvalue weighted by Gasteiger charge is -2.04. The van der Waals surface area contributed by atoms with Crippen molar-refractivity contribution in [3.63, 3.8) is 0 Å². The molecule has 7 heteroatoms. The van der Waals surface area contributed by atoms with E-state index < -0.39 is 0 Å². The highest BCUT2D eigenvalue weighted by Crippen LogP contribution is 2.32.